The molecule has 0 aromatic carbocycles. The van der Waals surface area contributed by atoms with Crippen LogP contribution in [0.4, 0.5) is 8.78 Å². The van der Waals surface area contributed by atoms with E-state index in [0.29, 0.717) is 25.7 Å². The molecule has 1 saturated carbocycles. The van der Waals surface area contributed by atoms with Gasteiger partial charge in [-0.25, -0.2) is 0 Å². The molecular weight excluding hydrogens is 150 g/mol. The molecule has 0 amide bonds. The molecule has 3 heteroatoms. The van der Waals surface area contributed by atoms with Gasteiger partial charge in [-0.1, -0.05) is 0 Å². The van der Waals surface area contributed by atoms with E-state index in [2.05, 4.69) is 0 Å². The molecule has 1 rings (SSSR count). The first kappa shape index (κ1) is 8.37. The van der Waals surface area contributed by atoms with Crippen LogP contribution in [0.25, 0.3) is 0 Å². The lowest BCUT2D eigenvalue weighted by Gasteiger charge is -2.16. The Hall–Kier alpha value is -0.730. The number of halogens is 2. The van der Waals surface area contributed by atoms with E-state index in [1.165, 1.54) is 0 Å². The molecular formula is C8H10F2O. The quantitative estimate of drug-likeness (QED) is 0.576. The highest BCUT2D eigenvalue weighted by Crippen LogP contribution is 2.23. The summed E-state index contributed by atoms with van der Waals surface area (Å²) in [5, 5.41) is 0. The largest absolute Gasteiger partial charge is 0.300 e. The number of carbonyl (C=O) groups is 1. The van der Waals surface area contributed by atoms with Gasteiger partial charge in [0.1, 0.15) is 5.78 Å². The lowest BCUT2D eigenvalue weighted by Crippen LogP contribution is -2.11. The third kappa shape index (κ3) is 2.78. The number of ketones is 1. The second kappa shape index (κ2) is 3.60. The van der Waals surface area contributed by atoms with Crippen LogP contribution in [0.3, 0.4) is 0 Å². The van der Waals surface area contributed by atoms with E-state index in [0.717, 1.165) is 6.08 Å². The smallest absolute Gasteiger partial charge is 0.266 e. The van der Waals surface area contributed by atoms with Crippen LogP contribution >= 0.6 is 0 Å². The second-order valence-electron chi connectivity index (χ2n) is 2.83. The average Bonchev–Trinajstić information content (AvgIpc) is 1.93. The summed E-state index contributed by atoms with van der Waals surface area (Å²) < 4.78 is 23.4. The molecule has 62 valence electrons. The van der Waals surface area contributed by atoms with Gasteiger partial charge in [0.2, 0.25) is 0 Å². The molecule has 0 bridgehead atoms. The third-order valence-corrected chi connectivity index (χ3v) is 1.95. The van der Waals surface area contributed by atoms with Crippen molar-refractivity contribution in [2.45, 2.75) is 25.7 Å². The van der Waals surface area contributed by atoms with Gasteiger partial charge in [0.05, 0.1) is 0 Å². The maximum absolute atomic E-state index is 11.7. The Morgan fingerprint density at radius 1 is 1.36 bits per heavy atom. The number of rotatable bonds is 1. The van der Waals surface area contributed by atoms with Crippen LogP contribution in [-0.2, 0) is 4.79 Å². The average molecular weight is 160 g/mol. The van der Waals surface area contributed by atoms with Crippen molar-refractivity contribution in [3.05, 3.63) is 12.2 Å². The van der Waals surface area contributed by atoms with Gasteiger partial charge in [-0.05, 0) is 24.8 Å². The summed E-state index contributed by atoms with van der Waals surface area (Å²) in [4.78, 5) is 10.7. The summed E-state index contributed by atoms with van der Waals surface area (Å²) in [6.07, 6.45) is 1.46. The predicted molar refractivity (Wildman–Crippen MR) is 37.3 cm³/mol. The SMILES string of the molecule is O=C1CCC(C=C(F)F)CC1. The van der Waals surface area contributed by atoms with E-state index in [-0.39, 0.29) is 11.7 Å². The first-order chi connectivity index (χ1) is 5.18. The Labute approximate surface area is 64.1 Å². The van der Waals surface area contributed by atoms with Crippen LogP contribution in [0.1, 0.15) is 25.7 Å². The molecule has 0 radical (unpaired) electrons. The van der Waals surface area contributed by atoms with E-state index >= 15 is 0 Å². The maximum Gasteiger partial charge on any atom is 0.266 e. The number of allylic oxidation sites excluding steroid dienone is 1. The van der Waals surface area contributed by atoms with Gasteiger partial charge in [-0.3, -0.25) is 4.79 Å². The van der Waals surface area contributed by atoms with E-state index in [1.54, 1.807) is 0 Å². The number of hydrogen-bond acceptors (Lipinski definition) is 1. The van der Waals surface area contributed by atoms with Gasteiger partial charge >= 0.3 is 0 Å². The molecule has 0 aromatic rings. The molecule has 1 aliphatic rings. The zero-order chi connectivity index (χ0) is 8.27. The molecule has 0 atom stereocenters. The second-order valence-corrected chi connectivity index (χ2v) is 2.83. The fraction of sp³-hybridized carbons (Fsp3) is 0.625. The Morgan fingerprint density at radius 2 is 1.91 bits per heavy atom. The van der Waals surface area contributed by atoms with Gasteiger partial charge in [0, 0.05) is 12.8 Å². The van der Waals surface area contributed by atoms with Gasteiger partial charge in [0.15, 0.2) is 0 Å². The fourth-order valence-electron chi connectivity index (χ4n) is 1.31. The summed E-state index contributed by atoms with van der Waals surface area (Å²) in [5.74, 6) is 0.131. The molecule has 0 unspecified atom stereocenters. The Kier molecular flexibility index (Phi) is 2.74. The van der Waals surface area contributed by atoms with Crippen LogP contribution in [-0.4, -0.2) is 5.78 Å². The lowest BCUT2D eigenvalue weighted by molar-refractivity contribution is -0.120. The summed E-state index contributed by atoms with van der Waals surface area (Å²) in [6, 6.07) is 0. The monoisotopic (exact) mass is 160 g/mol. The summed E-state index contributed by atoms with van der Waals surface area (Å²) >= 11 is 0. The molecule has 1 fully saturated rings. The van der Waals surface area contributed by atoms with E-state index in [4.69, 9.17) is 0 Å². The topological polar surface area (TPSA) is 17.1 Å². The van der Waals surface area contributed by atoms with Crippen molar-refractivity contribution < 1.29 is 13.6 Å². The van der Waals surface area contributed by atoms with E-state index in [1.807, 2.05) is 0 Å². The highest BCUT2D eigenvalue weighted by atomic mass is 19.3. The zero-order valence-corrected chi connectivity index (χ0v) is 6.15. The molecule has 0 spiro atoms. The molecule has 11 heavy (non-hydrogen) atoms. The zero-order valence-electron chi connectivity index (χ0n) is 6.15. The van der Waals surface area contributed by atoms with Crippen LogP contribution in [0.15, 0.2) is 12.2 Å². The predicted octanol–water partition coefficient (Wildman–Crippen LogP) is 2.53. The molecule has 0 heterocycles. The van der Waals surface area contributed by atoms with Crippen molar-refractivity contribution in [3.8, 4) is 0 Å². The van der Waals surface area contributed by atoms with Gasteiger partial charge in [-0.15, -0.1) is 0 Å². The van der Waals surface area contributed by atoms with Crippen molar-refractivity contribution in [3.63, 3.8) is 0 Å². The van der Waals surface area contributed by atoms with Crippen LogP contribution in [0.5, 0.6) is 0 Å². The van der Waals surface area contributed by atoms with Crippen molar-refractivity contribution in [2.75, 3.05) is 0 Å². The first-order valence-electron chi connectivity index (χ1n) is 3.73. The number of carbonyl (C=O) groups excluding carboxylic acids is 1. The minimum atomic E-state index is -1.62. The highest BCUT2D eigenvalue weighted by Gasteiger charge is 2.17. The number of Topliss-reactive ketones (excluding diaryl/α,β-unsaturated/α-hetero) is 1. The van der Waals surface area contributed by atoms with Gasteiger partial charge in [0.25, 0.3) is 6.08 Å². The van der Waals surface area contributed by atoms with Crippen molar-refractivity contribution in [1.82, 2.24) is 0 Å². The summed E-state index contributed by atoms with van der Waals surface area (Å²) in [5.41, 5.74) is 0. The number of hydrogen-bond donors (Lipinski definition) is 0. The van der Waals surface area contributed by atoms with Crippen LogP contribution in [0.2, 0.25) is 0 Å². The third-order valence-electron chi connectivity index (χ3n) is 1.95. The van der Waals surface area contributed by atoms with E-state index < -0.39 is 6.08 Å². The van der Waals surface area contributed by atoms with Crippen molar-refractivity contribution >= 4 is 5.78 Å². The molecule has 1 nitrogen and oxygen atoms in total. The Bertz CT molecular complexity index is 173. The molecule has 0 N–H and O–H groups in total. The van der Waals surface area contributed by atoms with Gasteiger partial charge in [-0.2, -0.15) is 8.78 Å². The minimum Gasteiger partial charge on any atom is -0.300 e. The standard InChI is InChI=1S/C8H10F2O/c9-8(10)5-6-1-3-7(11)4-2-6/h5-6H,1-4H2. The molecule has 0 aliphatic heterocycles. The summed E-state index contributed by atoms with van der Waals surface area (Å²) in [7, 11) is 0. The Balaban J connectivity index is 2.39. The minimum absolute atomic E-state index is 0.0716. The molecule has 0 saturated heterocycles. The summed E-state index contributed by atoms with van der Waals surface area (Å²) in [6.45, 7) is 0. The molecule has 0 aromatic heterocycles. The highest BCUT2D eigenvalue weighted by molar-refractivity contribution is 5.79. The van der Waals surface area contributed by atoms with Crippen molar-refractivity contribution in [2.24, 2.45) is 5.92 Å². The van der Waals surface area contributed by atoms with Gasteiger partial charge < -0.3 is 0 Å². The lowest BCUT2D eigenvalue weighted by atomic mass is 9.89. The first-order valence-corrected chi connectivity index (χ1v) is 3.73. The van der Waals surface area contributed by atoms with Crippen LogP contribution in [0, 0.1) is 5.92 Å². The Morgan fingerprint density at radius 3 is 2.36 bits per heavy atom. The van der Waals surface area contributed by atoms with Crippen molar-refractivity contribution in [1.29, 1.82) is 0 Å². The normalized spacial score (nSPS) is 20.0. The maximum atomic E-state index is 11.7. The van der Waals surface area contributed by atoms with E-state index in [9.17, 15) is 13.6 Å². The molecule has 1 aliphatic carbocycles. The van der Waals surface area contributed by atoms with Crippen LogP contribution < -0.4 is 0 Å². The fourth-order valence-corrected chi connectivity index (χ4v) is 1.31.